The largest absolute Gasteiger partial charge is 0.497 e. The van der Waals surface area contributed by atoms with Gasteiger partial charge in [-0.3, -0.25) is 10.2 Å². The Morgan fingerprint density at radius 1 is 1.18 bits per heavy atom. The van der Waals surface area contributed by atoms with Gasteiger partial charge in [0.2, 0.25) is 5.91 Å². The smallest absolute Gasteiger partial charge is 0.239 e. The minimum atomic E-state index is -0.0426. The molecule has 5 heteroatoms. The molecule has 0 radical (unpaired) electrons. The third-order valence-corrected chi connectivity index (χ3v) is 3.50. The van der Waals surface area contributed by atoms with Gasteiger partial charge in [0.1, 0.15) is 12.1 Å². The Kier molecular flexibility index (Phi) is 4.05. The highest BCUT2D eigenvalue weighted by Crippen LogP contribution is 2.13. The van der Waals surface area contributed by atoms with Crippen molar-refractivity contribution in [1.82, 2.24) is 9.66 Å². The van der Waals surface area contributed by atoms with Gasteiger partial charge in [0.25, 0.3) is 0 Å². The van der Waals surface area contributed by atoms with Crippen LogP contribution in [0.2, 0.25) is 0 Å². The number of ether oxygens (including phenoxy) is 1. The van der Waals surface area contributed by atoms with Gasteiger partial charge in [-0.05, 0) is 36.2 Å². The number of carbonyl (C=O) groups excluding carboxylic acids is 1. The van der Waals surface area contributed by atoms with Crippen LogP contribution in [0.15, 0.2) is 54.9 Å². The number of imidazole rings is 1. The Hall–Kier alpha value is -2.82. The van der Waals surface area contributed by atoms with Gasteiger partial charge in [-0.2, -0.15) is 0 Å². The Bertz CT molecular complexity index is 778. The van der Waals surface area contributed by atoms with E-state index < -0.39 is 0 Å². The number of aromatic nitrogens is 2. The van der Waals surface area contributed by atoms with E-state index in [1.807, 2.05) is 48.5 Å². The van der Waals surface area contributed by atoms with E-state index in [4.69, 9.17) is 4.74 Å². The molecule has 0 saturated carbocycles. The van der Waals surface area contributed by atoms with Crippen molar-refractivity contribution in [3.63, 3.8) is 0 Å². The van der Waals surface area contributed by atoms with Gasteiger partial charge in [-0.15, -0.1) is 0 Å². The maximum absolute atomic E-state index is 12.1. The van der Waals surface area contributed by atoms with E-state index >= 15 is 0 Å². The second-order valence-electron chi connectivity index (χ2n) is 4.99. The first-order valence-corrected chi connectivity index (χ1v) is 7.11. The highest BCUT2D eigenvalue weighted by molar-refractivity contribution is 5.86. The lowest BCUT2D eigenvalue weighted by atomic mass is 10.1. The molecule has 22 heavy (non-hydrogen) atoms. The molecule has 2 aromatic carbocycles. The Labute approximate surface area is 128 Å². The lowest BCUT2D eigenvalue weighted by Gasteiger charge is -2.07. The van der Waals surface area contributed by atoms with E-state index in [-0.39, 0.29) is 5.91 Å². The number of fused-ring (bicyclic) bond motifs is 1. The number of rotatable bonds is 5. The van der Waals surface area contributed by atoms with E-state index in [0.717, 1.165) is 22.3 Å². The number of amides is 1. The second-order valence-corrected chi connectivity index (χ2v) is 4.99. The summed E-state index contributed by atoms with van der Waals surface area (Å²) in [7, 11) is 1.64. The molecule has 3 aromatic rings. The summed E-state index contributed by atoms with van der Waals surface area (Å²) in [5.41, 5.74) is 5.70. The number of aryl methyl sites for hydroxylation is 1. The van der Waals surface area contributed by atoms with E-state index in [1.54, 1.807) is 18.1 Å². The summed E-state index contributed by atoms with van der Waals surface area (Å²) in [4.78, 5) is 16.3. The first kappa shape index (κ1) is 14.1. The molecule has 1 aromatic heterocycles. The molecule has 112 valence electrons. The summed E-state index contributed by atoms with van der Waals surface area (Å²) < 4.78 is 6.77. The fourth-order valence-corrected chi connectivity index (χ4v) is 2.29. The van der Waals surface area contributed by atoms with Crippen molar-refractivity contribution in [3.8, 4) is 5.75 Å². The molecule has 0 spiro atoms. The zero-order valence-electron chi connectivity index (χ0n) is 12.3. The third kappa shape index (κ3) is 3.09. The lowest BCUT2D eigenvalue weighted by Crippen LogP contribution is -2.22. The zero-order valence-corrected chi connectivity index (χ0v) is 12.3. The summed E-state index contributed by atoms with van der Waals surface area (Å²) >= 11 is 0. The van der Waals surface area contributed by atoms with E-state index in [0.29, 0.717) is 12.8 Å². The molecular weight excluding hydrogens is 278 g/mol. The van der Waals surface area contributed by atoms with Gasteiger partial charge in [0, 0.05) is 6.42 Å². The first-order valence-electron chi connectivity index (χ1n) is 7.11. The van der Waals surface area contributed by atoms with Crippen LogP contribution >= 0.6 is 0 Å². The number of hydrogen-bond acceptors (Lipinski definition) is 3. The van der Waals surface area contributed by atoms with E-state index in [1.165, 1.54) is 0 Å². The molecular formula is C17H17N3O2. The van der Waals surface area contributed by atoms with Crippen LogP contribution in [-0.4, -0.2) is 22.7 Å². The number of nitrogens with zero attached hydrogens (tertiary/aromatic N) is 2. The molecule has 0 aliphatic heterocycles. The topological polar surface area (TPSA) is 56.1 Å². The van der Waals surface area contributed by atoms with Crippen LogP contribution in [0.5, 0.6) is 5.75 Å². The van der Waals surface area contributed by atoms with Crippen molar-refractivity contribution in [2.24, 2.45) is 0 Å². The van der Waals surface area contributed by atoms with Gasteiger partial charge >= 0.3 is 0 Å². The molecule has 5 nitrogen and oxygen atoms in total. The molecule has 0 unspecified atom stereocenters. The number of nitrogens with one attached hydrogen (secondary N) is 1. The standard InChI is InChI=1S/C17H17N3O2/c1-22-14-9-6-13(7-10-14)8-11-17(21)19-20-12-18-15-4-2-3-5-16(15)20/h2-7,9-10,12H,8,11H2,1H3,(H,19,21). The van der Waals surface area contributed by atoms with Gasteiger partial charge in [-0.25, -0.2) is 9.66 Å². The monoisotopic (exact) mass is 295 g/mol. The minimum Gasteiger partial charge on any atom is -0.497 e. The normalized spacial score (nSPS) is 10.6. The molecule has 0 aliphatic rings. The van der Waals surface area contributed by atoms with Gasteiger partial charge in [-0.1, -0.05) is 24.3 Å². The number of benzene rings is 2. The quantitative estimate of drug-likeness (QED) is 0.787. The number of hydrogen-bond donors (Lipinski definition) is 1. The summed E-state index contributed by atoms with van der Waals surface area (Å²) in [5, 5.41) is 0. The van der Waals surface area contributed by atoms with Crippen molar-refractivity contribution in [2.45, 2.75) is 12.8 Å². The maximum Gasteiger partial charge on any atom is 0.239 e. The van der Waals surface area contributed by atoms with Crippen molar-refractivity contribution in [1.29, 1.82) is 0 Å². The number of methoxy groups -OCH3 is 1. The Morgan fingerprint density at radius 2 is 1.95 bits per heavy atom. The van der Waals surface area contributed by atoms with Crippen molar-refractivity contribution in [2.75, 3.05) is 12.5 Å². The highest BCUT2D eigenvalue weighted by atomic mass is 16.5. The van der Waals surface area contributed by atoms with Gasteiger partial charge in [0.15, 0.2) is 0 Å². The maximum atomic E-state index is 12.1. The average Bonchev–Trinajstić information content (AvgIpc) is 2.97. The van der Waals surface area contributed by atoms with E-state index in [2.05, 4.69) is 10.4 Å². The molecule has 3 rings (SSSR count). The molecule has 0 bridgehead atoms. The molecule has 1 heterocycles. The van der Waals surface area contributed by atoms with Gasteiger partial charge < -0.3 is 4.74 Å². The molecule has 1 N–H and O–H groups in total. The van der Waals surface area contributed by atoms with Crippen molar-refractivity contribution < 1.29 is 9.53 Å². The predicted octanol–water partition coefficient (Wildman–Crippen LogP) is 2.75. The minimum absolute atomic E-state index is 0.0426. The zero-order chi connectivity index (χ0) is 15.4. The van der Waals surface area contributed by atoms with Crippen LogP contribution in [0, 0.1) is 0 Å². The molecule has 1 amide bonds. The van der Waals surface area contributed by atoms with Crippen LogP contribution in [0.25, 0.3) is 11.0 Å². The third-order valence-electron chi connectivity index (χ3n) is 3.50. The first-order chi connectivity index (χ1) is 10.8. The van der Waals surface area contributed by atoms with E-state index in [9.17, 15) is 4.79 Å². The number of para-hydroxylation sites is 2. The fourth-order valence-electron chi connectivity index (χ4n) is 2.29. The van der Waals surface area contributed by atoms with Crippen LogP contribution in [0.1, 0.15) is 12.0 Å². The van der Waals surface area contributed by atoms with Crippen LogP contribution in [0.4, 0.5) is 0 Å². The average molecular weight is 295 g/mol. The highest BCUT2D eigenvalue weighted by Gasteiger charge is 2.06. The van der Waals surface area contributed by atoms with Crippen molar-refractivity contribution in [3.05, 3.63) is 60.4 Å². The summed E-state index contributed by atoms with van der Waals surface area (Å²) in [6, 6.07) is 15.4. The van der Waals surface area contributed by atoms with Crippen LogP contribution in [-0.2, 0) is 11.2 Å². The van der Waals surface area contributed by atoms with Gasteiger partial charge in [0.05, 0.1) is 18.1 Å². The number of carbonyl (C=O) groups is 1. The molecule has 0 aliphatic carbocycles. The summed E-state index contributed by atoms with van der Waals surface area (Å²) in [5.74, 6) is 0.775. The predicted molar refractivity (Wildman–Crippen MR) is 85.4 cm³/mol. The summed E-state index contributed by atoms with van der Waals surface area (Å²) in [6.45, 7) is 0. The van der Waals surface area contributed by atoms with Crippen LogP contribution < -0.4 is 10.2 Å². The van der Waals surface area contributed by atoms with Crippen LogP contribution in [0.3, 0.4) is 0 Å². The fraction of sp³-hybridized carbons (Fsp3) is 0.176. The van der Waals surface area contributed by atoms with Crippen molar-refractivity contribution >= 4 is 16.9 Å². The second kappa shape index (κ2) is 6.30. The Balaban J connectivity index is 1.60. The SMILES string of the molecule is COc1ccc(CCC(=O)Nn2cnc3ccccc32)cc1. The molecule has 0 saturated heterocycles. The Morgan fingerprint density at radius 3 is 2.73 bits per heavy atom. The molecule has 0 atom stereocenters. The molecule has 0 fully saturated rings. The summed E-state index contributed by atoms with van der Waals surface area (Å²) in [6.07, 6.45) is 2.72. The lowest BCUT2D eigenvalue weighted by molar-refractivity contribution is -0.117.